The second-order valence-electron chi connectivity index (χ2n) is 6.05. The molecular formula is C15H14ClF3N4O3S2. The molecule has 28 heavy (non-hydrogen) atoms. The Labute approximate surface area is 167 Å². The van der Waals surface area contributed by atoms with E-state index in [2.05, 4.69) is 15.5 Å². The van der Waals surface area contributed by atoms with Crippen LogP contribution in [0, 0.1) is 5.92 Å². The van der Waals surface area contributed by atoms with Gasteiger partial charge >= 0.3 is 6.18 Å². The van der Waals surface area contributed by atoms with Gasteiger partial charge in [0.1, 0.15) is 5.51 Å². The number of sulfonamides is 1. The Morgan fingerprint density at radius 3 is 2.54 bits per heavy atom. The average molecular weight is 455 g/mol. The Bertz CT molecular complexity index is 959. The van der Waals surface area contributed by atoms with Crippen LogP contribution in [0.2, 0.25) is 5.02 Å². The fraction of sp³-hybridized carbons (Fsp3) is 0.400. The van der Waals surface area contributed by atoms with Crippen LogP contribution in [-0.2, 0) is 21.0 Å². The molecule has 0 unspecified atom stereocenters. The number of hydrogen-bond donors (Lipinski definition) is 1. The number of alkyl halides is 3. The van der Waals surface area contributed by atoms with Crippen LogP contribution in [0.15, 0.2) is 28.6 Å². The molecule has 2 aromatic rings. The zero-order valence-corrected chi connectivity index (χ0v) is 16.5. The monoisotopic (exact) mass is 454 g/mol. The van der Waals surface area contributed by atoms with Gasteiger partial charge in [0.25, 0.3) is 0 Å². The maximum Gasteiger partial charge on any atom is 0.417 e. The number of anilines is 1. The first-order chi connectivity index (χ1) is 13.1. The Balaban J connectivity index is 1.70. The van der Waals surface area contributed by atoms with E-state index in [9.17, 15) is 26.4 Å². The van der Waals surface area contributed by atoms with Gasteiger partial charge in [0, 0.05) is 19.0 Å². The molecule has 1 aliphatic rings. The van der Waals surface area contributed by atoms with Gasteiger partial charge in [0.2, 0.25) is 21.1 Å². The van der Waals surface area contributed by atoms with Gasteiger partial charge in [0.05, 0.1) is 15.5 Å². The number of nitrogens with one attached hydrogen (secondary N) is 1. The second kappa shape index (κ2) is 7.93. The minimum Gasteiger partial charge on any atom is -0.300 e. The number of piperidine rings is 1. The van der Waals surface area contributed by atoms with Crippen molar-refractivity contribution in [3.8, 4) is 0 Å². The highest BCUT2D eigenvalue weighted by molar-refractivity contribution is 7.89. The zero-order valence-electron chi connectivity index (χ0n) is 14.1. The van der Waals surface area contributed by atoms with Crippen LogP contribution in [0.3, 0.4) is 0 Å². The van der Waals surface area contributed by atoms with E-state index in [1.807, 2.05) is 0 Å². The molecule has 0 radical (unpaired) electrons. The first-order valence-electron chi connectivity index (χ1n) is 8.03. The lowest BCUT2D eigenvalue weighted by Crippen LogP contribution is -2.41. The van der Waals surface area contributed by atoms with Gasteiger partial charge < -0.3 is 5.32 Å². The number of amides is 1. The first-order valence-corrected chi connectivity index (χ1v) is 10.7. The molecule has 0 aliphatic carbocycles. The Morgan fingerprint density at radius 1 is 1.29 bits per heavy atom. The van der Waals surface area contributed by atoms with E-state index in [1.165, 1.54) is 5.51 Å². The van der Waals surface area contributed by atoms with Crippen molar-refractivity contribution in [2.45, 2.75) is 23.9 Å². The molecule has 1 saturated heterocycles. The quantitative estimate of drug-likeness (QED) is 0.765. The number of rotatable bonds is 4. The van der Waals surface area contributed by atoms with Gasteiger partial charge in [-0.05, 0) is 31.0 Å². The molecule has 1 N–H and O–H groups in total. The van der Waals surface area contributed by atoms with Crippen molar-refractivity contribution in [3.05, 3.63) is 34.3 Å². The van der Waals surface area contributed by atoms with Crippen molar-refractivity contribution in [1.29, 1.82) is 0 Å². The van der Waals surface area contributed by atoms with Gasteiger partial charge in [-0.2, -0.15) is 17.5 Å². The normalized spacial score (nSPS) is 16.9. The number of nitrogens with zero attached hydrogens (tertiary/aromatic N) is 3. The smallest absolute Gasteiger partial charge is 0.300 e. The lowest BCUT2D eigenvalue weighted by atomic mass is 9.97. The molecule has 13 heteroatoms. The number of carbonyl (C=O) groups excluding carboxylic acids is 1. The van der Waals surface area contributed by atoms with E-state index in [-0.39, 0.29) is 31.8 Å². The van der Waals surface area contributed by atoms with Gasteiger partial charge in [-0.3, -0.25) is 4.79 Å². The zero-order chi connectivity index (χ0) is 20.5. The summed E-state index contributed by atoms with van der Waals surface area (Å²) in [6.45, 7) is 0.0288. The summed E-state index contributed by atoms with van der Waals surface area (Å²) in [7, 11) is -4.14. The molecule has 152 valence electrons. The topological polar surface area (TPSA) is 92.3 Å². The SMILES string of the molecule is O=C(Nc1nncs1)C1CCN(S(=O)(=O)c2ccc(Cl)c(C(F)(F)F)c2)CC1. The third-order valence-corrected chi connectivity index (χ3v) is 7.13. The summed E-state index contributed by atoms with van der Waals surface area (Å²) in [5.41, 5.74) is 0.258. The molecule has 1 aliphatic heterocycles. The predicted molar refractivity (Wildman–Crippen MR) is 96.5 cm³/mol. The second-order valence-corrected chi connectivity index (χ2v) is 9.23. The summed E-state index contributed by atoms with van der Waals surface area (Å²) in [5, 5.41) is 9.70. The molecule has 1 aromatic carbocycles. The number of halogens is 4. The number of benzene rings is 1. The van der Waals surface area contributed by atoms with Crippen molar-refractivity contribution < 1.29 is 26.4 Å². The average Bonchev–Trinajstić information content (AvgIpc) is 3.14. The molecule has 0 atom stereocenters. The van der Waals surface area contributed by atoms with E-state index < -0.39 is 37.6 Å². The maximum atomic E-state index is 13.0. The molecule has 3 rings (SSSR count). The van der Waals surface area contributed by atoms with Crippen LogP contribution >= 0.6 is 22.9 Å². The summed E-state index contributed by atoms with van der Waals surface area (Å²) >= 11 is 6.71. The fourth-order valence-corrected chi connectivity index (χ4v) is 4.99. The minimum absolute atomic E-state index is 0.0144. The lowest BCUT2D eigenvalue weighted by Gasteiger charge is -2.30. The van der Waals surface area contributed by atoms with Gasteiger partial charge in [-0.1, -0.05) is 22.9 Å². The van der Waals surface area contributed by atoms with Crippen LogP contribution in [0.4, 0.5) is 18.3 Å². The van der Waals surface area contributed by atoms with E-state index in [4.69, 9.17) is 11.6 Å². The summed E-state index contributed by atoms with van der Waals surface area (Å²) in [6.07, 6.45) is -4.29. The Hall–Kier alpha value is -1.76. The molecule has 7 nitrogen and oxygen atoms in total. The minimum atomic E-state index is -4.77. The Morgan fingerprint density at radius 2 is 1.96 bits per heavy atom. The van der Waals surface area contributed by atoms with Crippen LogP contribution < -0.4 is 5.32 Å². The van der Waals surface area contributed by atoms with Gasteiger partial charge in [-0.15, -0.1) is 10.2 Å². The van der Waals surface area contributed by atoms with E-state index in [0.29, 0.717) is 11.2 Å². The van der Waals surface area contributed by atoms with Crippen molar-refractivity contribution >= 4 is 44.0 Å². The van der Waals surface area contributed by atoms with E-state index in [0.717, 1.165) is 27.8 Å². The highest BCUT2D eigenvalue weighted by Gasteiger charge is 2.37. The fourth-order valence-electron chi connectivity index (χ4n) is 2.82. The molecule has 0 bridgehead atoms. The highest BCUT2D eigenvalue weighted by atomic mass is 35.5. The van der Waals surface area contributed by atoms with Gasteiger partial charge in [-0.25, -0.2) is 8.42 Å². The first kappa shape index (κ1) is 21.0. The largest absolute Gasteiger partial charge is 0.417 e. The Kier molecular flexibility index (Phi) is 5.94. The summed E-state index contributed by atoms with van der Waals surface area (Å²) in [5.74, 6) is -0.717. The van der Waals surface area contributed by atoms with Crippen molar-refractivity contribution in [1.82, 2.24) is 14.5 Å². The standard InChI is InChI=1S/C15H14ClF3N4O3S2/c16-12-2-1-10(7-11(12)15(17,18)19)28(25,26)23-5-3-9(4-6-23)13(24)21-14-22-20-8-27-14/h1-2,7-9H,3-6H2,(H,21,22,24). The summed E-state index contributed by atoms with van der Waals surface area (Å²) in [6, 6.07) is 2.49. The molecular weight excluding hydrogens is 441 g/mol. The van der Waals surface area contributed by atoms with Crippen molar-refractivity contribution in [2.24, 2.45) is 5.92 Å². The van der Waals surface area contributed by atoms with Crippen LogP contribution in [0.25, 0.3) is 0 Å². The molecule has 2 heterocycles. The molecule has 1 fully saturated rings. The lowest BCUT2D eigenvalue weighted by molar-refractivity contribution is -0.137. The molecule has 0 spiro atoms. The molecule has 0 saturated carbocycles. The number of carbonyl (C=O) groups is 1. The van der Waals surface area contributed by atoms with Crippen molar-refractivity contribution in [2.75, 3.05) is 18.4 Å². The van der Waals surface area contributed by atoms with Gasteiger partial charge in [0.15, 0.2) is 0 Å². The van der Waals surface area contributed by atoms with Crippen LogP contribution in [0.1, 0.15) is 18.4 Å². The highest BCUT2D eigenvalue weighted by Crippen LogP contribution is 2.36. The summed E-state index contributed by atoms with van der Waals surface area (Å²) in [4.78, 5) is 11.7. The van der Waals surface area contributed by atoms with E-state index in [1.54, 1.807) is 0 Å². The summed E-state index contributed by atoms with van der Waals surface area (Å²) < 4.78 is 65.5. The molecule has 1 aromatic heterocycles. The van der Waals surface area contributed by atoms with E-state index >= 15 is 0 Å². The number of hydrogen-bond acceptors (Lipinski definition) is 6. The third-order valence-electron chi connectivity index (χ3n) is 4.30. The predicted octanol–water partition coefficient (Wildman–Crippen LogP) is 3.25. The van der Waals surface area contributed by atoms with Crippen LogP contribution in [0.5, 0.6) is 0 Å². The van der Waals surface area contributed by atoms with Crippen molar-refractivity contribution in [3.63, 3.8) is 0 Å². The molecule has 1 amide bonds. The van der Waals surface area contributed by atoms with Crippen LogP contribution in [-0.4, -0.2) is 41.9 Å². The number of aromatic nitrogens is 2. The maximum absolute atomic E-state index is 13.0. The third kappa shape index (κ3) is 4.45.